The summed E-state index contributed by atoms with van der Waals surface area (Å²) < 4.78 is 0. The standard InChI is InChI=1S/C60H43N5/c1-5-13-44(14-6-1)48-21-29-52(30-22-48)63(53-31-23-49(24-32-53)45-15-7-2-8-16-45)56-37-39-57(40-38-56)65-61-59-42-41-58(43-60(59)62-65)64(54-33-25-50(26-34-54)46-17-9-3-10-18-46)55-35-27-51(28-36-55)47-19-11-4-12-20-47/h1-43H. The van der Waals surface area contributed by atoms with E-state index in [4.69, 9.17) is 10.2 Å². The maximum absolute atomic E-state index is 5.05. The van der Waals surface area contributed by atoms with Gasteiger partial charge in [-0.3, -0.25) is 0 Å². The number of anilines is 6. The van der Waals surface area contributed by atoms with Crippen LogP contribution < -0.4 is 9.80 Å². The van der Waals surface area contributed by atoms with Crippen LogP contribution in [0.15, 0.2) is 261 Å². The predicted molar refractivity (Wildman–Crippen MR) is 270 cm³/mol. The third-order valence-electron chi connectivity index (χ3n) is 11.9. The van der Waals surface area contributed by atoms with Gasteiger partial charge in [-0.05, 0) is 136 Å². The van der Waals surface area contributed by atoms with E-state index in [-0.39, 0.29) is 0 Å². The summed E-state index contributed by atoms with van der Waals surface area (Å²) in [6.45, 7) is 0. The molecule has 0 aliphatic heterocycles. The van der Waals surface area contributed by atoms with E-state index in [9.17, 15) is 0 Å². The number of benzene rings is 10. The largest absolute Gasteiger partial charge is 0.311 e. The second-order valence-corrected chi connectivity index (χ2v) is 16.0. The fourth-order valence-electron chi connectivity index (χ4n) is 8.52. The SMILES string of the molecule is c1ccc(-c2ccc(N(c3ccc(-c4ccccc4)cc3)c3ccc(-n4nc5ccc(N(c6ccc(-c7ccccc7)cc6)c6ccc(-c7ccccc7)cc6)cc5n4)cc3)cc2)cc1. The molecule has 0 aliphatic carbocycles. The fraction of sp³-hybridized carbons (Fsp3) is 0. The molecule has 1 heterocycles. The van der Waals surface area contributed by atoms with Gasteiger partial charge in [0.1, 0.15) is 11.0 Å². The van der Waals surface area contributed by atoms with Gasteiger partial charge in [0.15, 0.2) is 0 Å². The molecule has 0 atom stereocenters. The summed E-state index contributed by atoms with van der Waals surface area (Å²) in [4.78, 5) is 6.31. The third-order valence-corrected chi connectivity index (χ3v) is 11.9. The summed E-state index contributed by atoms with van der Waals surface area (Å²) in [5.41, 5.74) is 18.2. The van der Waals surface area contributed by atoms with Gasteiger partial charge in [0.05, 0.1) is 5.69 Å². The second-order valence-electron chi connectivity index (χ2n) is 16.0. The Hall–Kier alpha value is -8.80. The molecule has 0 saturated heterocycles. The van der Waals surface area contributed by atoms with Crippen molar-refractivity contribution in [3.8, 4) is 50.2 Å². The minimum absolute atomic E-state index is 0.803. The number of nitrogens with zero attached hydrogens (tertiary/aromatic N) is 5. The number of hydrogen-bond donors (Lipinski definition) is 0. The van der Waals surface area contributed by atoms with Crippen molar-refractivity contribution >= 4 is 45.2 Å². The van der Waals surface area contributed by atoms with E-state index in [0.29, 0.717) is 0 Å². The van der Waals surface area contributed by atoms with Crippen LogP contribution in [0.4, 0.5) is 34.1 Å². The molecule has 10 aromatic carbocycles. The van der Waals surface area contributed by atoms with Crippen LogP contribution in [0.2, 0.25) is 0 Å². The average Bonchev–Trinajstić information content (AvgIpc) is 3.83. The lowest BCUT2D eigenvalue weighted by Gasteiger charge is -2.26. The first-order chi connectivity index (χ1) is 32.2. The van der Waals surface area contributed by atoms with E-state index in [0.717, 1.165) is 50.8 Å². The molecule has 65 heavy (non-hydrogen) atoms. The molecule has 0 bridgehead atoms. The highest BCUT2D eigenvalue weighted by Gasteiger charge is 2.17. The molecule has 1 aromatic heterocycles. The van der Waals surface area contributed by atoms with Gasteiger partial charge in [0.25, 0.3) is 0 Å². The zero-order valence-electron chi connectivity index (χ0n) is 35.6. The Balaban J connectivity index is 0.921. The van der Waals surface area contributed by atoms with Crippen LogP contribution in [0.3, 0.4) is 0 Å². The molecule has 5 nitrogen and oxygen atoms in total. The molecule has 308 valence electrons. The maximum atomic E-state index is 5.05. The predicted octanol–water partition coefficient (Wildman–Crippen LogP) is 16.0. The van der Waals surface area contributed by atoms with Crippen molar-refractivity contribution in [3.63, 3.8) is 0 Å². The highest BCUT2D eigenvalue weighted by atomic mass is 15.5. The summed E-state index contributed by atoms with van der Waals surface area (Å²) >= 11 is 0. The number of aromatic nitrogens is 3. The van der Waals surface area contributed by atoms with E-state index < -0.39 is 0 Å². The van der Waals surface area contributed by atoms with Crippen LogP contribution in [0.25, 0.3) is 61.2 Å². The zero-order chi connectivity index (χ0) is 43.4. The summed E-state index contributed by atoms with van der Waals surface area (Å²) in [5, 5.41) is 10.0. The summed E-state index contributed by atoms with van der Waals surface area (Å²) in [6, 6.07) is 91.8. The molecular weight excluding hydrogens is 791 g/mol. The Morgan fingerprint density at radius 2 is 0.492 bits per heavy atom. The lowest BCUT2D eigenvalue weighted by atomic mass is 10.0. The number of fused-ring (bicyclic) bond motifs is 1. The van der Waals surface area contributed by atoms with Crippen LogP contribution >= 0.6 is 0 Å². The van der Waals surface area contributed by atoms with Crippen LogP contribution in [0, 0.1) is 0 Å². The topological polar surface area (TPSA) is 37.2 Å². The first-order valence-corrected chi connectivity index (χ1v) is 21.9. The maximum Gasteiger partial charge on any atom is 0.115 e. The van der Waals surface area contributed by atoms with Crippen LogP contribution in [-0.4, -0.2) is 15.0 Å². The van der Waals surface area contributed by atoms with Crippen LogP contribution in [-0.2, 0) is 0 Å². The quantitative estimate of drug-likeness (QED) is 0.130. The highest BCUT2D eigenvalue weighted by Crippen LogP contribution is 2.39. The Bertz CT molecular complexity index is 3130. The van der Waals surface area contributed by atoms with Gasteiger partial charge < -0.3 is 9.80 Å². The Morgan fingerprint density at radius 3 is 0.831 bits per heavy atom. The Morgan fingerprint density at radius 1 is 0.231 bits per heavy atom. The molecular formula is C60H43N5. The van der Waals surface area contributed by atoms with Gasteiger partial charge in [-0.1, -0.05) is 170 Å². The van der Waals surface area contributed by atoms with Crippen molar-refractivity contribution in [2.75, 3.05) is 9.80 Å². The lowest BCUT2D eigenvalue weighted by molar-refractivity contribution is 0.766. The molecule has 11 aromatic rings. The normalized spacial score (nSPS) is 11.1. The summed E-state index contributed by atoms with van der Waals surface area (Å²) in [5.74, 6) is 0. The van der Waals surface area contributed by atoms with E-state index in [1.165, 1.54) is 44.5 Å². The number of rotatable bonds is 11. The summed E-state index contributed by atoms with van der Waals surface area (Å²) in [6.07, 6.45) is 0. The van der Waals surface area contributed by atoms with Crippen molar-refractivity contribution in [2.45, 2.75) is 0 Å². The first kappa shape index (κ1) is 39.1. The van der Waals surface area contributed by atoms with Gasteiger partial charge in [0, 0.05) is 34.1 Å². The summed E-state index contributed by atoms with van der Waals surface area (Å²) in [7, 11) is 0. The van der Waals surface area contributed by atoms with E-state index in [2.05, 4.69) is 259 Å². The van der Waals surface area contributed by atoms with Crippen molar-refractivity contribution in [1.29, 1.82) is 0 Å². The Labute approximate surface area is 379 Å². The van der Waals surface area contributed by atoms with Gasteiger partial charge in [-0.15, -0.1) is 10.2 Å². The lowest BCUT2D eigenvalue weighted by Crippen LogP contribution is -2.10. The molecule has 0 fully saturated rings. The van der Waals surface area contributed by atoms with Gasteiger partial charge in [-0.25, -0.2) is 0 Å². The molecule has 0 saturated carbocycles. The van der Waals surface area contributed by atoms with Gasteiger partial charge >= 0.3 is 0 Å². The minimum Gasteiger partial charge on any atom is -0.311 e. The van der Waals surface area contributed by atoms with Crippen molar-refractivity contribution < 1.29 is 0 Å². The molecule has 0 aliphatic rings. The molecule has 0 spiro atoms. The first-order valence-electron chi connectivity index (χ1n) is 21.9. The number of hydrogen-bond acceptors (Lipinski definition) is 4. The fourth-order valence-corrected chi connectivity index (χ4v) is 8.52. The molecule has 5 heteroatoms. The van der Waals surface area contributed by atoms with Crippen LogP contribution in [0.5, 0.6) is 0 Å². The smallest absolute Gasteiger partial charge is 0.115 e. The molecule has 0 N–H and O–H groups in total. The third kappa shape index (κ3) is 8.18. The molecule has 11 rings (SSSR count). The highest BCUT2D eigenvalue weighted by molar-refractivity contribution is 5.86. The van der Waals surface area contributed by atoms with E-state index in [1.54, 1.807) is 4.80 Å². The molecule has 0 unspecified atom stereocenters. The minimum atomic E-state index is 0.803. The Kier molecular flexibility index (Phi) is 10.5. The van der Waals surface area contributed by atoms with Gasteiger partial charge in [0.2, 0.25) is 0 Å². The second kappa shape index (κ2) is 17.5. The average molecular weight is 834 g/mol. The van der Waals surface area contributed by atoms with Crippen molar-refractivity contribution in [3.05, 3.63) is 261 Å². The molecule has 0 radical (unpaired) electrons. The van der Waals surface area contributed by atoms with Crippen molar-refractivity contribution in [2.24, 2.45) is 0 Å². The molecule has 0 amide bonds. The zero-order valence-corrected chi connectivity index (χ0v) is 35.6. The van der Waals surface area contributed by atoms with Crippen LogP contribution in [0.1, 0.15) is 0 Å². The monoisotopic (exact) mass is 833 g/mol. The van der Waals surface area contributed by atoms with E-state index >= 15 is 0 Å². The van der Waals surface area contributed by atoms with E-state index in [1.807, 2.05) is 12.1 Å². The van der Waals surface area contributed by atoms with Gasteiger partial charge in [-0.2, -0.15) is 4.80 Å². The van der Waals surface area contributed by atoms with Crippen molar-refractivity contribution in [1.82, 2.24) is 15.0 Å².